The van der Waals surface area contributed by atoms with Crippen LogP contribution in [0.4, 0.5) is 5.69 Å². The smallest absolute Gasteiger partial charge is 0.313 e. The van der Waals surface area contributed by atoms with Gasteiger partial charge in [0.2, 0.25) is 0 Å². The second-order valence-electron chi connectivity index (χ2n) is 5.44. The van der Waals surface area contributed by atoms with Crippen LogP contribution in [-0.4, -0.2) is 31.6 Å². The predicted octanol–water partition coefficient (Wildman–Crippen LogP) is 2.41. The highest BCUT2D eigenvalue weighted by molar-refractivity contribution is 6.39. The van der Waals surface area contributed by atoms with Crippen LogP contribution >= 0.6 is 11.6 Å². The summed E-state index contributed by atoms with van der Waals surface area (Å²) in [5.74, 6) is -0.250. The van der Waals surface area contributed by atoms with Crippen LogP contribution in [0.25, 0.3) is 0 Å². The molecule has 130 valence electrons. The molecule has 6 nitrogen and oxygen atoms in total. The molecule has 1 heterocycles. The number of benzene rings is 2. The molecule has 2 N–H and O–H groups in total. The van der Waals surface area contributed by atoms with Gasteiger partial charge in [-0.25, -0.2) is 0 Å². The third-order valence-electron chi connectivity index (χ3n) is 3.62. The monoisotopic (exact) mass is 360 g/mol. The van der Waals surface area contributed by atoms with E-state index in [-0.39, 0.29) is 0 Å². The van der Waals surface area contributed by atoms with Crippen molar-refractivity contribution in [3.8, 4) is 11.5 Å². The van der Waals surface area contributed by atoms with E-state index in [9.17, 15) is 9.59 Å². The fourth-order valence-corrected chi connectivity index (χ4v) is 2.49. The fraction of sp³-hybridized carbons (Fsp3) is 0.222. The van der Waals surface area contributed by atoms with Gasteiger partial charge in [-0.15, -0.1) is 0 Å². The predicted molar refractivity (Wildman–Crippen MR) is 94.2 cm³/mol. The normalized spacial score (nSPS) is 12.4. The largest absolute Gasteiger partial charge is 0.486 e. The lowest BCUT2D eigenvalue weighted by atomic mass is 10.1. The molecule has 0 atom stereocenters. The molecule has 0 saturated heterocycles. The molecule has 0 spiro atoms. The van der Waals surface area contributed by atoms with E-state index < -0.39 is 11.8 Å². The summed E-state index contributed by atoms with van der Waals surface area (Å²) in [6.45, 7) is 1.30. The Kier molecular flexibility index (Phi) is 5.40. The Bertz CT molecular complexity index is 777. The van der Waals surface area contributed by atoms with Crippen molar-refractivity contribution < 1.29 is 19.1 Å². The molecule has 0 bridgehead atoms. The molecular formula is C18H17ClN2O4. The van der Waals surface area contributed by atoms with Crippen LogP contribution in [0.5, 0.6) is 11.5 Å². The molecule has 0 fully saturated rings. The summed E-state index contributed by atoms with van der Waals surface area (Å²) in [5.41, 5.74) is 1.50. The van der Waals surface area contributed by atoms with Crippen molar-refractivity contribution in [1.29, 1.82) is 0 Å². The van der Waals surface area contributed by atoms with Gasteiger partial charge in [-0.2, -0.15) is 0 Å². The highest BCUT2D eigenvalue weighted by Gasteiger charge is 2.16. The standard InChI is InChI=1S/C18H17ClN2O4/c19-13-3-1-12(2-4-13)7-8-20-17(22)18(23)21-14-5-6-15-16(11-14)25-10-9-24-15/h1-6,11H,7-10H2,(H,20,22)(H,21,23). The molecule has 7 heteroatoms. The SMILES string of the molecule is O=C(NCCc1ccc(Cl)cc1)C(=O)Nc1ccc2c(c1)OCCO2. The van der Waals surface area contributed by atoms with Crippen LogP contribution in [0, 0.1) is 0 Å². The average Bonchev–Trinajstić information content (AvgIpc) is 2.63. The van der Waals surface area contributed by atoms with Gasteiger partial charge in [-0.05, 0) is 36.2 Å². The number of rotatable bonds is 4. The van der Waals surface area contributed by atoms with E-state index in [1.165, 1.54) is 0 Å². The van der Waals surface area contributed by atoms with Crippen molar-refractivity contribution in [2.75, 3.05) is 25.1 Å². The van der Waals surface area contributed by atoms with Crippen molar-refractivity contribution in [1.82, 2.24) is 5.32 Å². The zero-order chi connectivity index (χ0) is 17.6. The van der Waals surface area contributed by atoms with Gasteiger partial charge in [0.25, 0.3) is 0 Å². The number of halogens is 1. The maximum atomic E-state index is 12.0. The topological polar surface area (TPSA) is 76.7 Å². The molecule has 2 amide bonds. The Balaban J connectivity index is 1.49. The zero-order valence-corrected chi connectivity index (χ0v) is 14.1. The Labute approximate surface area is 150 Å². The van der Waals surface area contributed by atoms with Gasteiger partial charge >= 0.3 is 11.8 Å². The molecule has 0 aromatic heterocycles. The molecule has 1 aliphatic rings. The van der Waals surface area contributed by atoms with Gasteiger partial charge in [0, 0.05) is 23.3 Å². The minimum Gasteiger partial charge on any atom is -0.486 e. The number of hydrogen-bond acceptors (Lipinski definition) is 4. The molecule has 2 aromatic carbocycles. The maximum Gasteiger partial charge on any atom is 0.313 e. The first kappa shape index (κ1) is 17.1. The summed E-state index contributed by atoms with van der Waals surface area (Å²) >= 11 is 5.82. The highest BCUT2D eigenvalue weighted by atomic mass is 35.5. The Morgan fingerprint density at radius 3 is 2.44 bits per heavy atom. The van der Waals surface area contributed by atoms with Crippen molar-refractivity contribution in [2.45, 2.75) is 6.42 Å². The molecule has 25 heavy (non-hydrogen) atoms. The summed E-state index contributed by atoms with van der Waals surface area (Å²) in [6, 6.07) is 12.3. The number of fused-ring (bicyclic) bond motifs is 1. The molecule has 0 aliphatic carbocycles. The second kappa shape index (κ2) is 7.90. The lowest BCUT2D eigenvalue weighted by Gasteiger charge is -2.18. The molecular weight excluding hydrogens is 344 g/mol. The van der Waals surface area contributed by atoms with Gasteiger partial charge in [0.15, 0.2) is 11.5 Å². The number of carbonyl (C=O) groups excluding carboxylic acids is 2. The minimum atomic E-state index is -0.729. The quantitative estimate of drug-likeness (QED) is 0.821. The first-order chi connectivity index (χ1) is 12.1. The summed E-state index contributed by atoms with van der Waals surface area (Å²) in [5, 5.41) is 5.79. The lowest BCUT2D eigenvalue weighted by Crippen LogP contribution is -2.36. The third-order valence-corrected chi connectivity index (χ3v) is 3.87. The van der Waals surface area contributed by atoms with Gasteiger partial charge in [0.1, 0.15) is 13.2 Å². The summed E-state index contributed by atoms with van der Waals surface area (Å²) < 4.78 is 10.9. The first-order valence-electron chi connectivity index (χ1n) is 7.85. The molecule has 0 unspecified atom stereocenters. The van der Waals surface area contributed by atoms with Gasteiger partial charge < -0.3 is 20.1 Å². The van der Waals surface area contributed by atoms with Crippen molar-refractivity contribution in [3.63, 3.8) is 0 Å². The number of nitrogens with one attached hydrogen (secondary N) is 2. The van der Waals surface area contributed by atoms with Crippen LogP contribution in [0.2, 0.25) is 5.02 Å². The Hall–Kier alpha value is -2.73. The molecule has 0 radical (unpaired) electrons. The number of anilines is 1. The molecule has 3 rings (SSSR count). The summed E-state index contributed by atoms with van der Waals surface area (Å²) in [6.07, 6.45) is 0.611. The van der Waals surface area contributed by atoms with E-state index in [2.05, 4.69) is 10.6 Å². The minimum absolute atomic E-state index is 0.356. The number of ether oxygens (including phenoxy) is 2. The Morgan fingerprint density at radius 1 is 0.960 bits per heavy atom. The van der Waals surface area contributed by atoms with E-state index in [0.29, 0.717) is 48.4 Å². The van der Waals surface area contributed by atoms with Crippen molar-refractivity contribution in [2.24, 2.45) is 0 Å². The summed E-state index contributed by atoms with van der Waals surface area (Å²) in [4.78, 5) is 23.8. The first-order valence-corrected chi connectivity index (χ1v) is 8.23. The zero-order valence-electron chi connectivity index (χ0n) is 13.4. The van der Waals surface area contributed by atoms with Gasteiger partial charge in [0.05, 0.1) is 0 Å². The number of amides is 2. The highest BCUT2D eigenvalue weighted by Crippen LogP contribution is 2.32. The van der Waals surface area contributed by atoms with Crippen LogP contribution in [0.15, 0.2) is 42.5 Å². The number of carbonyl (C=O) groups is 2. The van der Waals surface area contributed by atoms with Crippen molar-refractivity contribution >= 4 is 29.1 Å². The maximum absolute atomic E-state index is 12.0. The second-order valence-corrected chi connectivity index (χ2v) is 5.88. The van der Waals surface area contributed by atoms with E-state index in [1.54, 1.807) is 30.3 Å². The fourth-order valence-electron chi connectivity index (χ4n) is 2.36. The van der Waals surface area contributed by atoms with E-state index in [4.69, 9.17) is 21.1 Å². The van der Waals surface area contributed by atoms with Crippen LogP contribution in [0.1, 0.15) is 5.56 Å². The molecule has 0 saturated carbocycles. The third kappa shape index (κ3) is 4.64. The van der Waals surface area contributed by atoms with Crippen LogP contribution < -0.4 is 20.1 Å². The van der Waals surface area contributed by atoms with Crippen LogP contribution in [-0.2, 0) is 16.0 Å². The lowest BCUT2D eigenvalue weighted by molar-refractivity contribution is -0.136. The average molecular weight is 361 g/mol. The van der Waals surface area contributed by atoms with Crippen molar-refractivity contribution in [3.05, 3.63) is 53.1 Å². The van der Waals surface area contributed by atoms with Gasteiger partial charge in [-0.1, -0.05) is 23.7 Å². The Morgan fingerprint density at radius 2 is 1.68 bits per heavy atom. The number of hydrogen-bond donors (Lipinski definition) is 2. The summed E-state index contributed by atoms with van der Waals surface area (Å²) in [7, 11) is 0. The van der Waals surface area contributed by atoms with Crippen LogP contribution in [0.3, 0.4) is 0 Å². The molecule has 1 aliphatic heterocycles. The van der Waals surface area contributed by atoms with E-state index in [0.717, 1.165) is 5.56 Å². The van der Waals surface area contributed by atoms with E-state index in [1.807, 2.05) is 12.1 Å². The van der Waals surface area contributed by atoms with E-state index >= 15 is 0 Å². The molecule has 2 aromatic rings. The van der Waals surface area contributed by atoms with Gasteiger partial charge in [-0.3, -0.25) is 9.59 Å².